The molecule has 1 unspecified atom stereocenters. The predicted octanol–water partition coefficient (Wildman–Crippen LogP) is 5.22. The van der Waals surface area contributed by atoms with Gasteiger partial charge in [-0.25, -0.2) is 0 Å². The average Bonchev–Trinajstić information content (AvgIpc) is 2.54. The number of hydrogen-bond acceptors (Lipinski definition) is 0. The maximum atomic E-state index is 2.43. The van der Waals surface area contributed by atoms with Crippen molar-refractivity contribution in [3.63, 3.8) is 0 Å². The first-order valence-corrected chi connectivity index (χ1v) is 7.46. The van der Waals surface area contributed by atoms with Crippen LogP contribution in [0.15, 0.2) is 60.2 Å². The predicted molar refractivity (Wildman–Crippen MR) is 85.6 cm³/mol. The molecule has 0 radical (unpaired) electrons. The fourth-order valence-electron chi connectivity index (χ4n) is 3.52. The van der Waals surface area contributed by atoms with Crippen LogP contribution in [0.25, 0.3) is 12.2 Å². The van der Waals surface area contributed by atoms with Crippen molar-refractivity contribution in [1.82, 2.24) is 0 Å². The minimum atomic E-state index is 0.574. The Balaban J connectivity index is 1.77. The van der Waals surface area contributed by atoms with Crippen LogP contribution in [-0.4, -0.2) is 0 Å². The van der Waals surface area contributed by atoms with E-state index in [1.165, 1.54) is 35.1 Å². The van der Waals surface area contributed by atoms with E-state index in [9.17, 15) is 0 Å². The Kier molecular flexibility index (Phi) is 2.81. The summed E-state index contributed by atoms with van der Waals surface area (Å²) >= 11 is 0. The summed E-state index contributed by atoms with van der Waals surface area (Å²) in [6.07, 6.45) is 10.6. The molecule has 0 nitrogen and oxygen atoms in total. The van der Waals surface area contributed by atoms with Crippen LogP contribution in [0, 0.1) is 0 Å². The smallest absolute Gasteiger partial charge is 0.00921 e. The highest BCUT2D eigenvalue weighted by atomic mass is 14.3. The van der Waals surface area contributed by atoms with E-state index in [0.717, 1.165) is 6.42 Å². The van der Waals surface area contributed by atoms with Crippen molar-refractivity contribution in [2.75, 3.05) is 0 Å². The second kappa shape index (κ2) is 4.79. The van der Waals surface area contributed by atoms with Gasteiger partial charge in [0, 0.05) is 5.92 Å². The molecule has 2 aromatic carbocycles. The lowest BCUT2D eigenvalue weighted by Crippen LogP contribution is -2.10. The molecule has 0 saturated heterocycles. The summed E-state index contributed by atoms with van der Waals surface area (Å²) in [5.41, 5.74) is 7.40. The molecule has 0 aliphatic heterocycles. The monoisotopic (exact) mass is 258 g/mol. The van der Waals surface area contributed by atoms with Crippen LogP contribution in [0.5, 0.6) is 0 Å². The van der Waals surface area contributed by atoms with Crippen molar-refractivity contribution >= 4 is 12.2 Å². The van der Waals surface area contributed by atoms with Gasteiger partial charge in [0.2, 0.25) is 0 Å². The quantitative estimate of drug-likeness (QED) is 0.658. The molecule has 0 amide bonds. The minimum Gasteiger partial charge on any atom is -0.0830 e. The summed E-state index contributed by atoms with van der Waals surface area (Å²) in [6, 6.07) is 17.6. The highest BCUT2D eigenvalue weighted by molar-refractivity contribution is 5.65. The molecule has 0 bridgehead atoms. The zero-order valence-electron chi connectivity index (χ0n) is 11.5. The van der Waals surface area contributed by atoms with Crippen LogP contribution in [0.1, 0.15) is 41.0 Å². The number of rotatable bonds is 1. The van der Waals surface area contributed by atoms with Gasteiger partial charge in [0.05, 0.1) is 0 Å². The van der Waals surface area contributed by atoms with Crippen molar-refractivity contribution in [3.05, 3.63) is 82.4 Å². The normalized spacial score (nSPS) is 20.0. The summed E-state index contributed by atoms with van der Waals surface area (Å²) < 4.78 is 0. The van der Waals surface area contributed by atoms with Gasteiger partial charge < -0.3 is 0 Å². The highest BCUT2D eigenvalue weighted by Crippen LogP contribution is 2.39. The molecule has 0 N–H and O–H groups in total. The van der Waals surface area contributed by atoms with Crippen molar-refractivity contribution < 1.29 is 0 Å². The van der Waals surface area contributed by atoms with Gasteiger partial charge in [-0.15, -0.1) is 0 Å². The van der Waals surface area contributed by atoms with Gasteiger partial charge in [0.1, 0.15) is 0 Å². The van der Waals surface area contributed by atoms with Gasteiger partial charge in [-0.05, 0) is 41.5 Å². The van der Waals surface area contributed by atoms with E-state index in [-0.39, 0.29) is 0 Å². The van der Waals surface area contributed by atoms with E-state index in [0.29, 0.717) is 5.92 Å². The summed E-state index contributed by atoms with van der Waals surface area (Å²) in [6.45, 7) is 0. The lowest BCUT2D eigenvalue weighted by molar-refractivity contribution is 0.738. The van der Waals surface area contributed by atoms with Gasteiger partial charge in [-0.2, -0.15) is 0 Å². The number of allylic oxidation sites excluding steroid dienone is 2. The van der Waals surface area contributed by atoms with E-state index in [4.69, 9.17) is 0 Å². The third kappa shape index (κ3) is 1.92. The third-order valence-electron chi connectivity index (χ3n) is 4.57. The molecule has 0 heterocycles. The molecule has 0 aromatic heterocycles. The van der Waals surface area contributed by atoms with Crippen LogP contribution >= 0.6 is 0 Å². The topological polar surface area (TPSA) is 0 Å². The largest absolute Gasteiger partial charge is 0.0830 e. The minimum absolute atomic E-state index is 0.574. The van der Waals surface area contributed by atoms with E-state index >= 15 is 0 Å². The maximum Gasteiger partial charge on any atom is 0.00921 e. The summed E-state index contributed by atoms with van der Waals surface area (Å²) in [5, 5.41) is 0. The van der Waals surface area contributed by atoms with Gasteiger partial charge in [-0.3, -0.25) is 0 Å². The standard InChI is InChI=1S/C20H18/c1-2-8-17-14-18(13-12-15(17)6-1)20-11-5-9-16-7-3-4-10-19(16)20/h1-10,14,20H,11-13H2. The first-order valence-electron chi connectivity index (χ1n) is 7.46. The molecule has 0 heteroatoms. The third-order valence-corrected chi connectivity index (χ3v) is 4.57. The van der Waals surface area contributed by atoms with Crippen LogP contribution in [-0.2, 0) is 6.42 Å². The van der Waals surface area contributed by atoms with Crippen LogP contribution in [0.4, 0.5) is 0 Å². The molecule has 2 aliphatic carbocycles. The Morgan fingerprint density at radius 2 is 1.60 bits per heavy atom. The second-order valence-electron chi connectivity index (χ2n) is 5.74. The molecule has 98 valence electrons. The molecule has 0 fully saturated rings. The first-order chi connectivity index (χ1) is 9.92. The first kappa shape index (κ1) is 11.7. The molecule has 0 spiro atoms. The molecule has 20 heavy (non-hydrogen) atoms. The fourth-order valence-corrected chi connectivity index (χ4v) is 3.52. The lowest BCUT2D eigenvalue weighted by atomic mass is 9.77. The van der Waals surface area contributed by atoms with Crippen LogP contribution < -0.4 is 0 Å². The number of hydrogen-bond donors (Lipinski definition) is 0. The SMILES string of the molecule is C1=Cc2ccccc2C(C2=Cc3ccccc3CC2)C1. The van der Waals surface area contributed by atoms with Crippen LogP contribution in [0.3, 0.4) is 0 Å². The Hall–Kier alpha value is -2.08. The van der Waals surface area contributed by atoms with E-state index in [1.54, 1.807) is 5.57 Å². The Bertz CT molecular complexity index is 703. The van der Waals surface area contributed by atoms with Gasteiger partial charge in [-0.1, -0.05) is 72.3 Å². The molecule has 4 rings (SSSR count). The van der Waals surface area contributed by atoms with Crippen molar-refractivity contribution in [2.45, 2.75) is 25.2 Å². The van der Waals surface area contributed by atoms with E-state index in [2.05, 4.69) is 66.8 Å². The van der Waals surface area contributed by atoms with E-state index < -0.39 is 0 Å². The Labute approximate surface area is 120 Å². The fraction of sp³-hybridized carbons (Fsp3) is 0.200. The molecule has 2 aliphatic rings. The lowest BCUT2D eigenvalue weighted by Gasteiger charge is -2.27. The van der Waals surface area contributed by atoms with Crippen LogP contribution in [0.2, 0.25) is 0 Å². The number of aryl methyl sites for hydroxylation is 1. The molecule has 0 saturated carbocycles. The van der Waals surface area contributed by atoms with Gasteiger partial charge in [0.25, 0.3) is 0 Å². The van der Waals surface area contributed by atoms with E-state index in [1.807, 2.05) is 0 Å². The molecule has 1 atom stereocenters. The molecule has 2 aromatic rings. The Morgan fingerprint density at radius 3 is 2.55 bits per heavy atom. The zero-order chi connectivity index (χ0) is 13.4. The number of fused-ring (bicyclic) bond motifs is 2. The van der Waals surface area contributed by atoms with Gasteiger partial charge >= 0.3 is 0 Å². The summed E-state index contributed by atoms with van der Waals surface area (Å²) in [4.78, 5) is 0. The summed E-state index contributed by atoms with van der Waals surface area (Å²) in [5.74, 6) is 0.574. The second-order valence-corrected chi connectivity index (χ2v) is 5.74. The van der Waals surface area contributed by atoms with Crippen molar-refractivity contribution in [3.8, 4) is 0 Å². The average molecular weight is 258 g/mol. The molecular weight excluding hydrogens is 240 g/mol. The Morgan fingerprint density at radius 1 is 0.800 bits per heavy atom. The number of benzene rings is 2. The zero-order valence-corrected chi connectivity index (χ0v) is 11.5. The summed E-state index contributed by atoms with van der Waals surface area (Å²) in [7, 11) is 0. The maximum absolute atomic E-state index is 2.43. The molecular formula is C20H18. The van der Waals surface area contributed by atoms with Crippen molar-refractivity contribution in [1.29, 1.82) is 0 Å². The van der Waals surface area contributed by atoms with Gasteiger partial charge in [0.15, 0.2) is 0 Å². The highest BCUT2D eigenvalue weighted by Gasteiger charge is 2.22. The van der Waals surface area contributed by atoms with Crippen molar-refractivity contribution in [2.24, 2.45) is 0 Å².